The molecule has 0 bridgehead atoms. The first-order valence-corrected chi connectivity index (χ1v) is 11.1. The molecular weight excluding hydrogens is 256 g/mol. The van der Waals surface area contributed by atoms with E-state index >= 15 is 0 Å². The molecule has 0 N–H and O–H groups in total. The Hall–Kier alpha value is -1.34. The van der Waals surface area contributed by atoms with Gasteiger partial charge >= 0.3 is 0 Å². The Morgan fingerprint density at radius 3 is 1.85 bits per heavy atom. The molecule has 20 heavy (non-hydrogen) atoms. The molecule has 1 aliphatic carbocycles. The van der Waals surface area contributed by atoms with E-state index in [1.165, 1.54) is 30.0 Å². The largest absolute Gasteiger partial charge is 0.0686 e. The van der Waals surface area contributed by atoms with E-state index in [2.05, 4.69) is 68.5 Å². The quantitative estimate of drug-likeness (QED) is 0.617. The van der Waals surface area contributed by atoms with Gasteiger partial charge in [0.25, 0.3) is 0 Å². The van der Waals surface area contributed by atoms with Gasteiger partial charge in [-0.25, -0.2) is 0 Å². The molecule has 0 saturated heterocycles. The molecule has 0 spiro atoms. The van der Waals surface area contributed by atoms with Gasteiger partial charge < -0.3 is 0 Å². The van der Waals surface area contributed by atoms with Gasteiger partial charge in [-0.1, -0.05) is 87.4 Å². The third-order valence-electron chi connectivity index (χ3n) is 4.79. The number of rotatable bonds is 4. The highest BCUT2D eigenvalue weighted by atomic mass is 28.3. The van der Waals surface area contributed by atoms with Crippen molar-refractivity contribution >= 4 is 8.07 Å². The first-order chi connectivity index (χ1) is 9.65. The number of hydrogen-bond donors (Lipinski definition) is 0. The Labute approximate surface area is 123 Å². The molecule has 1 aliphatic rings. The highest BCUT2D eigenvalue weighted by molar-refractivity contribution is 6.79. The maximum Gasteiger partial charge on any atom is 0.0604 e. The molecule has 1 heteroatoms. The zero-order valence-electron chi connectivity index (χ0n) is 12.8. The van der Waals surface area contributed by atoms with Crippen molar-refractivity contribution in [2.24, 2.45) is 0 Å². The summed E-state index contributed by atoms with van der Waals surface area (Å²) in [5, 5.41) is 0. The van der Waals surface area contributed by atoms with Crippen molar-refractivity contribution in [2.45, 2.75) is 44.4 Å². The topological polar surface area (TPSA) is 0 Å². The molecule has 0 fully saturated rings. The molecular formula is C19H24Si. The molecule has 104 valence electrons. The fourth-order valence-corrected chi connectivity index (χ4v) is 7.51. The molecule has 0 saturated carbocycles. The lowest BCUT2D eigenvalue weighted by Gasteiger charge is -2.31. The summed E-state index contributed by atoms with van der Waals surface area (Å²) in [5.41, 5.74) is 6.81. The Morgan fingerprint density at radius 2 is 1.35 bits per heavy atom. The minimum Gasteiger partial charge on any atom is -0.0686 e. The van der Waals surface area contributed by atoms with Crippen molar-refractivity contribution in [3.8, 4) is 11.1 Å². The Morgan fingerprint density at radius 1 is 0.850 bits per heavy atom. The van der Waals surface area contributed by atoms with Gasteiger partial charge in [0.2, 0.25) is 0 Å². The second-order valence-electron chi connectivity index (χ2n) is 6.70. The van der Waals surface area contributed by atoms with Crippen molar-refractivity contribution in [2.75, 3.05) is 0 Å². The molecule has 0 atom stereocenters. The lowest BCUT2D eigenvalue weighted by atomic mass is 10.1. The van der Waals surface area contributed by atoms with Crippen molar-refractivity contribution < 1.29 is 0 Å². The Kier molecular flexibility index (Phi) is 3.55. The van der Waals surface area contributed by atoms with Gasteiger partial charge in [-0.3, -0.25) is 0 Å². The average Bonchev–Trinajstić information content (AvgIpc) is 2.80. The zero-order chi connectivity index (χ0) is 14.2. The summed E-state index contributed by atoms with van der Waals surface area (Å²) in [6.45, 7) is 7.46. The normalized spacial score (nSPS) is 14.2. The Bertz CT molecular complexity index is 567. The predicted molar refractivity (Wildman–Crippen MR) is 90.9 cm³/mol. The lowest BCUT2D eigenvalue weighted by molar-refractivity contribution is 0.855. The Balaban J connectivity index is 2.11. The minimum absolute atomic E-state index is 0.682. The zero-order valence-corrected chi connectivity index (χ0v) is 13.8. The molecule has 2 aromatic rings. The summed E-state index contributed by atoms with van der Waals surface area (Å²) in [6, 6.07) is 19.5. The van der Waals surface area contributed by atoms with Gasteiger partial charge in [-0.05, 0) is 22.3 Å². The van der Waals surface area contributed by atoms with Crippen LogP contribution in [0.5, 0.6) is 0 Å². The average molecular weight is 280 g/mol. The van der Waals surface area contributed by atoms with Gasteiger partial charge in [0, 0.05) is 5.54 Å². The van der Waals surface area contributed by atoms with Crippen molar-refractivity contribution in [1.82, 2.24) is 0 Å². The van der Waals surface area contributed by atoms with Crippen molar-refractivity contribution in [3.05, 3.63) is 59.7 Å². The molecule has 0 aliphatic heterocycles. The monoisotopic (exact) mass is 280 g/mol. The van der Waals surface area contributed by atoms with Crippen LogP contribution in [0.25, 0.3) is 11.1 Å². The van der Waals surface area contributed by atoms with Crippen LogP contribution < -0.4 is 0 Å². The molecule has 3 rings (SSSR count). The first kappa shape index (κ1) is 13.6. The van der Waals surface area contributed by atoms with Crippen LogP contribution in [-0.4, -0.2) is 8.07 Å². The number of hydrogen-bond acceptors (Lipinski definition) is 0. The molecule has 0 radical (unpaired) electrons. The van der Waals surface area contributed by atoms with Crippen molar-refractivity contribution in [3.63, 3.8) is 0 Å². The van der Waals surface area contributed by atoms with Crippen LogP contribution in [0.3, 0.4) is 0 Å². The fraction of sp³-hybridized carbons (Fsp3) is 0.368. The van der Waals surface area contributed by atoms with Gasteiger partial charge in [0.15, 0.2) is 0 Å². The van der Waals surface area contributed by atoms with E-state index in [1.807, 2.05) is 0 Å². The van der Waals surface area contributed by atoms with E-state index < -0.39 is 8.07 Å². The third-order valence-corrected chi connectivity index (χ3v) is 8.62. The SMILES string of the molecule is CCCC[Si](C)(C)C1c2ccccc2-c2ccccc21. The number of unbranched alkanes of at least 4 members (excludes halogenated alkanes) is 1. The standard InChI is InChI=1S/C19H24Si/c1-4-5-14-20(2,3)19-17-12-8-6-10-15(17)16-11-7-9-13-18(16)19/h6-13,19H,4-5,14H2,1-3H3. The highest BCUT2D eigenvalue weighted by Crippen LogP contribution is 2.49. The number of fused-ring (bicyclic) bond motifs is 3. The third kappa shape index (κ3) is 2.14. The summed E-state index contributed by atoms with van der Waals surface area (Å²) < 4.78 is 0. The van der Waals surface area contributed by atoms with E-state index in [1.54, 1.807) is 11.1 Å². The van der Waals surface area contributed by atoms with E-state index in [0.29, 0.717) is 5.54 Å². The van der Waals surface area contributed by atoms with Crippen LogP contribution in [0, 0.1) is 0 Å². The minimum atomic E-state index is -1.29. The van der Waals surface area contributed by atoms with Crippen LogP contribution in [0.4, 0.5) is 0 Å². The maximum absolute atomic E-state index is 2.58. The number of benzene rings is 2. The molecule has 2 aromatic carbocycles. The second kappa shape index (κ2) is 5.21. The van der Waals surface area contributed by atoms with Crippen LogP contribution >= 0.6 is 0 Å². The molecule has 0 nitrogen and oxygen atoms in total. The summed E-state index contributed by atoms with van der Waals surface area (Å²) in [7, 11) is -1.29. The van der Waals surface area contributed by atoms with Gasteiger partial charge in [-0.15, -0.1) is 0 Å². The van der Waals surface area contributed by atoms with E-state index in [9.17, 15) is 0 Å². The molecule has 0 amide bonds. The summed E-state index contributed by atoms with van der Waals surface area (Å²) >= 11 is 0. The first-order valence-electron chi connectivity index (χ1n) is 7.83. The van der Waals surface area contributed by atoms with E-state index in [4.69, 9.17) is 0 Å². The summed E-state index contributed by atoms with van der Waals surface area (Å²) in [4.78, 5) is 0. The second-order valence-corrected chi connectivity index (χ2v) is 11.8. The molecule has 0 heterocycles. The van der Waals surface area contributed by atoms with Crippen LogP contribution in [0.1, 0.15) is 36.4 Å². The maximum atomic E-state index is 2.58. The van der Waals surface area contributed by atoms with Gasteiger partial charge in [-0.2, -0.15) is 0 Å². The van der Waals surface area contributed by atoms with Crippen LogP contribution in [-0.2, 0) is 0 Å². The molecule has 0 aromatic heterocycles. The van der Waals surface area contributed by atoms with Gasteiger partial charge in [0.05, 0.1) is 8.07 Å². The van der Waals surface area contributed by atoms with Crippen LogP contribution in [0.15, 0.2) is 48.5 Å². The summed E-state index contributed by atoms with van der Waals surface area (Å²) in [5.74, 6) is 0. The predicted octanol–water partition coefficient (Wildman–Crippen LogP) is 5.85. The van der Waals surface area contributed by atoms with Gasteiger partial charge in [0.1, 0.15) is 0 Å². The lowest BCUT2D eigenvalue weighted by Crippen LogP contribution is -2.34. The molecule has 0 unspecified atom stereocenters. The van der Waals surface area contributed by atoms with E-state index in [-0.39, 0.29) is 0 Å². The van der Waals surface area contributed by atoms with Crippen molar-refractivity contribution in [1.29, 1.82) is 0 Å². The fourth-order valence-electron chi connectivity index (χ4n) is 3.77. The smallest absolute Gasteiger partial charge is 0.0604 e. The van der Waals surface area contributed by atoms with E-state index in [0.717, 1.165) is 0 Å². The summed E-state index contributed by atoms with van der Waals surface area (Å²) in [6.07, 6.45) is 2.69. The highest BCUT2D eigenvalue weighted by Gasteiger charge is 2.39. The van der Waals surface area contributed by atoms with Crippen LogP contribution in [0.2, 0.25) is 19.1 Å².